The van der Waals surface area contributed by atoms with Crippen LogP contribution >= 0.6 is 0 Å². The van der Waals surface area contributed by atoms with E-state index in [0.717, 1.165) is 0 Å². The molecule has 0 rings (SSSR count). The molecule has 0 amide bonds. The Balaban J connectivity index is 6.85. The SMILES string of the molecule is O=C(O)CN(CC(=O)O)CC(C(C(=O)O)C(O)(CC(=O)O)C(=O)O)N(CC(=O)O)CC(=O)O. The van der Waals surface area contributed by atoms with E-state index in [-0.39, 0.29) is 0 Å². The molecule has 0 aliphatic carbocycles. The van der Waals surface area contributed by atoms with Crippen molar-refractivity contribution >= 4 is 41.8 Å². The van der Waals surface area contributed by atoms with Crippen LogP contribution in [0.3, 0.4) is 0 Å². The fraction of sp³-hybridized carbons (Fsp3) is 0.562. The fourth-order valence-corrected chi connectivity index (χ4v) is 3.14. The van der Waals surface area contributed by atoms with Gasteiger partial charge in [-0.25, -0.2) is 4.79 Å². The maximum Gasteiger partial charge on any atom is 0.337 e. The molecule has 186 valence electrons. The normalized spacial score (nSPS) is 14.8. The Morgan fingerprint density at radius 1 is 0.636 bits per heavy atom. The topological polar surface area (TPSA) is 288 Å². The highest BCUT2D eigenvalue weighted by atomic mass is 16.4. The highest BCUT2D eigenvalue weighted by Crippen LogP contribution is 2.30. The van der Waals surface area contributed by atoms with Gasteiger partial charge in [-0.1, -0.05) is 0 Å². The lowest BCUT2D eigenvalue weighted by Gasteiger charge is -2.41. The van der Waals surface area contributed by atoms with E-state index < -0.39 is 98.5 Å². The minimum Gasteiger partial charge on any atom is -0.481 e. The molecule has 17 heteroatoms. The van der Waals surface area contributed by atoms with Crippen molar-refractivity contribution in [2.24, 2.45) is 5.92 Å². The first kappa shape index (κ1) is 29.2. The molecular formula is C16H22N2O15. The van der Waals surface area contributed by atoms with Crippen LogP contribution in [0, 0.1) is 5.92 Å². The lowest BCUT2D eigenvalue weighted by Crippen LogP contribution is -2.63. The molecule has 0 fully saturated rings. The number of carboxylic acids is 7. The van der Waals surface area contributed by atoms with E-state index in [0.29, 0.717) is 9.80 Å². The van der Waals surface area contributed by atoms with Gasteiger partial charge < -0.3 is 40.9 Å². The number of hydrogen-bond donors (Lipinski definition) is 8. The Kier molecular flexibility index (Phi) is 10.8. The average molecular weight is 482 g/mol. The first-order valence-corrected chi connectivity index (χ1v) is 8.75. The monoisotopic (exact) mass is 482 g/mol. The van der Waals surface area contributed by atoms with Crippen molar-refractivity contribution in [1.29, 1.82) is 0 Å². The van der Waals surface area contributed by atoms with Gasteiger partial charge in [-0.15, -0.1) is 0 Å². The zero-order valence-electron chi connectivity index (χ0n) is 16.7. The van der Waals surface area contributed by atoms with Crippen LogP contribution in [0.2, 0.25) is 0 Å². The Morgan fingerprint density at radius 3 is 1.30 bits per heavy atom. The molecule has 0 aromatic heterocycles. The van der Waals surface area contributed by atoms with Gasteiger partial charge in [-0.05, 0) is 0 Å². The van der Waals surface area contributed by atoms with Crippen molar-refractivity contribution in [2.75, 3.05) is 32.7 Å². The molecule has 17 nitrogen and oxygen atoms in total. The quantitative estimate of drug-likeness (QED) is 0.0988. The molecule has 8 N–H and O–H groups in total. The Bertz CT molecular complexity index is 780. The van der Waals surface area contributed by atoms with Gasteiger partial charge in [0.15, 0.2) is 5.60 Å². The van der Waals surface area contributed by atoms with Crippen molar-refractivity contribution in [3.05, 3.63) is 0 Å². The summed E-state index contributed by atoms with van der Waals surface area (Å²) in [5, 5.41) is 74.7. The predicted molar refractivity (Wildman–Crippen MR) is 98.3 cm³/mol. The summed E-state index contributed by atoms with van der Waals surface area (Å²) < 4.78 is 0. The van der Waals surface area contributed by atoms with Gasteiger partial charge in [-0.3, -0.25) is 38.6 Å². The number of nitrogens with zero attached hydrogens (tertiary/aromatic N) is 2. The van der Waals surface area contributed by atoms with Gasteiger partial charge in [-0.2, -0.15) is 0 Å². The molecule has 3 unspecified atom stereocenters. The predicted octanol–water partition coefficient (Wildman–Crippen LogP) is -3.71. The van der Waals surface area contributed by atoms with Crippen molar-refractivity contribution in [2.45, 2.75) is 18.1 Å². The second-order valence-corrected chi connectivity index (χ2v) is 6.83. The molecule has 0 aliphatic rings. The molecule has 0 aromatic rings. The Morgan fingerprint density at radius 2 is 1.03 bits per heavy atom. The Hall–Kier alpha value is -3.83. The smallest absolute Gasteiger partial charge is 0.337 e. The van der Waals surface area contributed by atoms with Crippen molar-refractivity contribution in [1.82, 2.24) is 9.80 Å². The molecule has 0 heterocycles. The lowest BCUT2D eigenvalue weighted by atomic mass is 9.78. The second kappa shape index (κ2) is 12.3. The van der Waals surface area contributed by atoms with E-state index in [2.05, 4.69) is 0 Å². The molecule has 0 radical (unpaired) electrons. The van der Waals surface area contributed by atoms with E-state index >= 15 is 0 Å². The van der Waals surface area contributed by atoms with Crippen molar-refractivity contribution in [3.8, 4) is 0 Å². The maximum absolute atomic E-state index is 12.0. The highest BCUT2D eigenvalue weighted by molar-refractivity contribution is 5.90. The third-order valence-corrected chi connectivity index (χ3v) is 4.27. The first-order chi connectivity index (χ1) is 15.0. The summed E-state index contributed by atoms with van der Waals surface area (Å²) in [5.41, 5.74) is -3.63. The summed E-state index contributed by atoms with van der Waals surface area (Å²) in [6.07, 6.45) is -1.72. The van der Waals surface area contributed by atoms with Crippen LogP contribution < -0.4 is 0 Å². The summed E-state index contributed by atoms with van der Waals surface area (Å²) in [4.78, 5) is 80.3. The Labute approximate surface area is 183 Å². The molecule has 3 atom stereocenters. The van der Waals surface area contributed by atoms with Crippen LogP contribution in [-0.4, -0.2) is 137 Å². The fourth-order valence-electron chi connectivity index (χ4n) is 3.14. The molecule has 33 heavy (non-hydrogen) atoms. The summed E-state index contributed by atoms with van der Waals surface area (Å²) in [6, 6.07) is -2.19. The zero-order chi connectivity index (χ0) is 26.1. The maximum atomic E-state index is 12.0. The van der Waals surface area contributed by atoms with E-state index in [4.69, 9.17) is 25.5 Å². The summed E-state index contributed by atoms with van der Waals surface area (Å²) in [7, 11) is 0. The van der Waals surface area contributed by atoms with Crippen LogP contribution in [0.1, 0.15) is 6.42 Å². The molecule has 0 bridgehead atoms. The summed E-state index contributed by atoms with van der Waals surface area (Å²) in [6.45, 7) is -5.79. The molecule has 0 saturated carbocycles. The number of hydrogen-bond acceptors (Lipinski definition) is 10. The van der Waals surface area contributed by atoms with Gasteiger partial charge >= 0.3 is 41.8 Å². The molecular weight excluding hydrogens is 460 g/mol. The third kappa shape index (κ3) is 9.46. The first-order valence-electron chi connectivity index (χ1n) is 8.75. The molecule has 0 aromatic carbocycles. The van der Waals surface area contributed by atoms with Crippen LogP contribution in [0.4, 0.5) is 0 Å². The number of rotatable bonds is 17. The van der Waals surface area contributed by atoms with Crippen molar-refractivity contribution < 1.29 is 74.4 Å². The van der Waals surface area contributed by atoms with Crippen LogP contribution in [0.25, 0.3) is 0 Å². The number of carbonyl (C=O) groups is 7. The zero-order valence-corrected chi connectivity index (χ0v) is 16.7. The van der Waals surface area contributed by atoms with Gasteiger partial charge in [0.2, 0.25) is 0 Å². The largest absolute Gasteiger partial charge is 0.481 e. The van der Waals surface area contributed by atoms with E-state index in [9.17, 15) is 48.9 Å². The van der Waals surface area contributed by atoms with E-state index in [1.807, 2.05) is 0 Å². The van der Waals surface area contributed by atoms with Gasteiger partial charge in [0.1, 0.15) is 5.92 Å². The third-order valence-electron chi connectivity index (χ3n) is 4.27. The standard InChI is InChI=1S/C16H22N2O15/c19-8(20)1-16(33,15(31)32)13(14(29)30)7(18(5-11(25)26)6-12(27)28)2-17(3-9(21)22)4-10(23)24/h7,13,33H,1-6H2,(H,19,20)(H,21,22)(H,23,24)(H,25,26)(H,27,28)(H,29,30)(H,31,32). The van der Waals surface area contributed by atoms with Crippen LogP contribution in [-0.2, 0) is 33.6 Å². The minimum absolute atomic E-state index is 0.343. The second-order valence-electron chi connectivity index (χ2n) is 6.83. The summed E-state index contributed by atoms with van der Waals surface area (Å²) >= 11 is 0. The lowest BCUT2D eigenvalue weighted by molar-refractivity contribution is -0.185. The van der Waals surface area contributed by atoms with Gasteiger partial charge in [0.25, 0.3) is 0 Å². The highest BCUT2D eigenvalue weighted by Gasteiger charge is 2.55. The molecule has 0 spiro atoms. The average Bonchev–Trinajstić information content (AvgIpc) is 2.57. The minimum atomic E-state index is -3.63. The summed E-state index contributed by atoms with van der Waals surface area (Å²) in [5.74, 6) is -16.0. The molecule has 0 aliphatic heterocycles. The van der Waals surface area contributed by atoms with Crippen LogP contribution in [0.15, 0.2) is 0 Å². The number of aliphatic hydroxyl groups is 1. The van der Waals surface area contributed by atoms with Crippen molar-refractivity contribution in [3.63, 3.8) is 0 Å². The number of aliphatic carboxylic acids is 7. The van der Waals surface area contributed by atoms with E-state index in [1.165, 1.54) is 0 Å². The van der Waals surface area contributed by atoms with Crippen LogP contribution in [0.5, 0.6) is 0 Å². The van der Waals surface area contributed by atoms with Gasteiger partial charge in [0.05, 0.1) is 32.6 Å². The van der Waals surface area contributed by atoms with Gasteiger partial charge in [0, 0.05) is 12.6 Å². The molecule has 0 saturated heterocycles. The number of carboxylic acid groups (broad SMARTS) is 7. The van der Waals surface area contributed by atoms with E-state index in [1.54, 1.807) is 0 Å².